The lowest BCUT2D eigenvalue weighted by atomic mass is 10.1. The predicted molar refractivity (Wildman–Crippen MR) is 71.4 cm³/mol. The van der Waals surface area contributed by atoms with Gasteiger partial charge < -0.3 is 9.84 Å². The average Bonchev–Trinajstić information content (AvgIpc) is 2.40. The molecular weight excluding hydrogens is 242 g/mol. The molecule has 0 atom stereocenters. The minimum atomic E-state index is -1.03. The summed E-state index contributed by atoms with van der Waals surface area (Å²) < 4.78 is 5.61. The molecule has 0 fully saturated rings. The number of carboxylic acid groups (broad SMARTS) is 1. The van der Waals surface area contributed by atoms with Gasteiger partial charge >= 0.3 is 5.97 Å². The highest BCUT2D eigenvalue weighted by atomic mass is 16.5. The SMILES string of the molecule is Cc1ccc(OCc2cccc(C(=O)O)n2)cc1C. The fourth-order valence-electron chi connectivity index (χ4n) is 1.64. The fourth-order valence-corrected chi connectivity index (χ4v) is 1.64. The lowest BCUT2D eigenvalue weighted by Crippen LogP contribution is -2.05. The van der Waals surface area contributed by atoms with E-state index in [2.05, 4.69) is 4.98 Å². The standard InChI is InChI=1S/C15H15NO3/c1-10-6-7-13(8-11(10)2)19-9-12-4-3-5-14(16-12)15(17)18/h3-8H,9H2,1-2H3,(H,17,18). The lowest BCUT2D eigenvalue weighted by molar-refractivity contribution is 0.0690. The van der Waals surface area contributed by atoms with Gasteiger partial charge in [-0.3, -0.25) is 0 Å². The molecule has 0 aliphatic heterocycles. The highest BCUT2D eigenvalue weighted by Crippen LogP contribution is 2.17. The molecule has 0 spiro atoms. The molecule has 2 rings (SSSR count). The van der Waals surface area contributed by atoms with Crippen LogP contribution >= 0.6 is 0 Å². The largest absolute Gasteiger partial charge is 0.487 e. The lowest BCUT2D eigenvalue weighted by Gasteiger charge is -2.08. The van der Waals surface area contributed by atoms with E-state index < -0.39 is 5.97 Å². The number of ether oxygens (including phenoxy) is 1. The molecule has 98 valence electrons. The number of benzene rings is 1. The van der Waals surface area contributed by atoms with Crippen LogP contribution in [0.1, 0.15) is 27.3 Å². The Morgan fingerprint density at radius 1 is 1.21 bits per heavy atom. The van der Waals surface area contributed by atoms with E-state index in [1.807, 2.05) is 32.0 Å². The van der Waals surface area contributed by atoms with E-state index in [1.165, 1.54) is 11.6 Å². The molecule has 1 heterocycles. The van der Waals surface area contributed by atoms with E-state index in [4.69, 9.17) is 9.84 Å². The summed E-state index contributed by atoms with van der Waals surface area (Å²) in [5, 5.41) is 8.86. The van der Waals surface area contributed by atoms with Crippen molar-refractivity contribution in [2.24, 2.45) is 0 Å². The molecule has 0 bridgehead atoms. The summed E-state index contributed by atoms with van der Waals surface area (Å²) in [6, 6.07) is 10.7. The Hall–Kier alpha value is -2.36. The zero-order valence-corrected chi connectivity index (χ0v) is 10.9. The van der Waals surface area contributed by atoms with Crippen LogP contribution in [0.4, 0.5) is 0 Å². The summed E-state index contributed by atoms with van der Waals surface area (Å²) in [6.45, 7) is 4.31. The number of rotatable bonds is 4. The molecule has 1 aromatic heterocycles. The molecule has 4 heteroatoms. The summed E-state index contributed by atoms with van der Waals surface area (Å²) in [5.74, 6) is -0.279. The highest BCUT2D eigenvalue weighted by Gasteiger charge is 2.05. The number of aromatic nitrogens is 1. The van der Waals surface area contributed by atoms with Crippen LogP contribution in [-0.2, 0) is 6.61 Å². The first-order valence-corrected chi connectivity index (χ1v) is 5.95. The fraction of sp³-hybridized carbons (Fsp3) is 0.200. The first-order chi connectivity index (χ1) is 9.06. The third kappa shape index (κ3) is 3.31. The minimum absolute atomic E-state index is 0.0289. The maximum Gasteiger partial charge on any atom is 0.354 e. The average molecular weight is 257 g/mol. The second kappa shape index (κ2) is 5.52. The van der Waals surface area contributed by atoms with Crippen LogP contribution in [0.25, 0.3) is 0 Å². The van der Waals surface area contributed by atoms with Crippen molar-refractivity contribution >= 4 is 5.97 Å². The molecule has 19 heavy (non-hydrogen) atoms. The van der Waals surface area contributed by atoms with Gasteiger partial charge in [0.05, 0.1) is 5.69 Å². The van der Waals surface area contributed by atoms with Gasteiger partial charge in [0.1, 0.15) is 18.1 Å². The Balaban J connectivity index is 2.07. The van der Waals surface area contributed by atoms with Gasteiger partial charge in [-0.15, -0.1) is 0 Å². The third-order valence-corrected chi connectivity index (χ3v) is 2.89. The number of aryl methyl sites for hydroxylation is 2. The number of hydrogen-bond donors (Lipinski definition) is 1. The Morgan fingerprint density at radius 2 is 2.00 bits per heavy atom. The Bertz CT molecular complexity index is 608. The minimum Gasteiger partial charge on any atom is -0.487 e. The number of carboxylic acids is 1. The highest BCUT2D eigenvalue weighted by molar-refractivity contribution is 5.85. The molecule has 0 aliphatic rings. The van der Waals surface area contributed by atoms with Crippen molar-refractivity contribution < 1.29 is 14.6 Å². The van der Waals surface area contributed by atoms with Gasteiger partial charge in [0.25, 0.3) is 0 Å². The van der Waals surface area contributed by atoms with Crippen molar-refractivity contribution in [3.8, 4) is 5.75 Å². The summed E-state index contributed by atoms with van der Waals surface area (Å²) in [6.07, 6.45) is 0. The van der Waals surface area contributed by atoms with E-state index in [1.54, 1.807) is 12.1 Å². The van der Waals surface area contributed by atoms with Gasteiger partial charge in [0.2, 0.25) is 0 Å². The smallest absolute Gasteiger partial charge is 0.354 e. The van der Waals surface area contributed by atoms with Gasteiger partial charge in [-0.2, -0.15) is 0 Å². The molecule has 0 aliphatic carbocycles. The van der Waals surface area contributed by atoms with Gasteiger partial charge in [0, 0.05) is 0 Å². The monoisotopic (exact) mass is 257 g/mol. The van der Waals surface area contributed by atoms with Crippen LogP contribution in [0.15, 0.2) is 36.4 Å². The Morgan fingerprint density at radius 3 is 2.68 bits per heavy atom. The first-order valence-electron chi connectivity index (χ1n) is 5.95. The van der Waals surface area contributed by atoms with Crippen LogP contribution < -0.4 is 4.74 Å². The number of aromatic carboxylic acids is 1. The second-order valence-corrected chi connectivity index (χ2v) is 4.35. The summed E-state index contributed by atoms with van der Waals surface area (Å²) >= 11 is 0. The first kappa shape index (κ1) is 13.1. The molecule has 0 saturated heterocycles. The number of hydrogen-bond acceptors (Lipinski definition) is 3. The maximum absolute atomic E-state index is 10.8. The van der Waals surface area contributed by atoms with Crippen molar-refractivity contribution in [3.05, 3.63) is 58.9 Å². The van der Waals surface area contributed by atoms with E-state index >= 15 is 0 Å². The summed E-state index contributed by atoms with van der Waals surface area (Å²) in [4.78, 5) is 14.8. The predicted octanol–water partition coefficient (Wildman–Crippen LogP) is 2.98. The third-order valence-electron chi connectivity index (χ3n) is 2.89. The van der Waals surface area contributed by atoms with Crippen LogP contribution in [0.5, 0.6) is 5.75 Å². The number of carbonyl (C=O) groups is 1. The summed E-state index contributed by atoms with van der Waals surface area (Å²) in [7, 11) is 0. The van der Waals surface area contributed by atoms with Gasteiger partial charge in [-0.25, -0.2) is 9.78 Å². The second-order valence-electron chi connectivity index (χ2n) is 4.35. The number of pyridine rings is 1. The van der Waals surface area contributed by atoms with Crippen molar-refractivity contribution in [2.75, 3.05) is 0 Å². The van der Waals surface area contributed by atoms with Crippen LogP contribution in [0.3, 0.4) is 0 Å². The Labute approximate surface area is 111 Å². The molecule has 1 aromatic carbocycles. The molecule has 2 aromatic rings. The molecule has 0 amide bonds. The zero-order valence-electron chi connectivity index (χ0n) is 10.9. The van der Waals surface area contributed by atoms with Crippen LogP contribution in [-0.4, -0.2) is 16.1 Å². The van der Waals surface area contributed by atoms with Crippen LogP contribution in [0.2, 0.25) is 0 Å². The van der Waals surface area contributed by atoms with Crippen LogP contribution in [0, 0.1) is 13.8 Å². The zero-order chi connectivity index (χ0) is 13.8. The normalized spacial score (nSPS) is 10.2. The molecule has 1 N–H and O–H groups in total. The van der Waals surface area contributed by atoms with E-state index in [0.717, 1.165) is 11.3 Å². The van der Waals surface area contributed by atoms with E-state index in [9.17, 15) is 4.79 Å². The van der Waals surface area contributed by atoms with E-state index in [0.29, 0.717) is 5.69 Å². The van der Waals surface area contributed by atoms with Crippen molar-refractivity contribution in [1.29, 1.82) is 0 Å². The molecule has 4 nitrogen and oxygen atoms in total. The molecular formula is C15H15NO3. The molecule has 0 radical (unpaired) electrons. The topological polar surface area (TPSA) is 59.4 Å². The van der Waals surface area contributed by atoms with Crippen molar-refractivity contribution in [3.63, 3.8) is 0 Å². The molecule has 0 saturated carbocycles. The van der Waals surface area contributed by atoms with Gasteiger partial charge in [-0.1, -0.05) is 12.1 Å². The van der Waals surface area contributed by atoms with Crippen molar-refractivity contribution in [2.45, 2.75) is 20.5 Å². The summed E-state index contributed by atoms with van der Waals surface area (Å²) in [5.41, 5.74) is 2.99. The van der Waals surface area contributed by atoms with Crippen molar-refractivity contribution in [1.82, 2.24) is 4.98 Å². The quantitative estimate of drug-likeness (QED) is 0.914. The Kier molecular flexibility index (Phi) is 3.80. The number of nitrogens with zero attached hydrogens (tertiary/aromatic N) is 1. The maximum atomic E-state index is 10.8. The van der Waals surface area contributed by atoms with Gasteiger partial charge in [0.15, 0.2) is 0 Å². The molecule has 0 unspecified atom stereocenters. The van der Waals surface area contributed by atoms with E-state index in [-0.39, 0.29) is 12.3 Å². The van der Waals surface area contributed by atoms with Gasteiger partial charge in [-0.05, 0) is 49.2 Å².